The van der Waals surface area contributed by atoms with Crippen LogP contribution in [0.2, 0.25) is 0 Å². The number of carbonyl (C=O) groups is 2. The number of esters is 1. The molecule has 0 aliphatic carbocycles. The summed E-state index contributed by atoms with van der Waals surface area (Å²) in [7, 11) is 0. The van der Waals surface area contributed by atoms with E-state index in [9.17, 15) is 22.8 Å². The van der Waals surface area contributed by atoms with Crippen molar-refractivity contribution in [2.75, 3.05) is 55.7 Å². The van der Waals surface area contributed by atoms with Crippen LogP contribution in [0.3, 0.4) is 0 Å². The van der Waals surface area contributed by atoms with E-state index in [1.165, 1.54) is 23.9 Å². The number of thioether (sulfide) groups is 1. The minimum absolute atomic E-state index is 0.0927. The van der Waals surface area contributed by atoms with Gasteiger partial charge in [0.15, 0.2) is 5.16 Å². The van der Waals surface area contributed by atoms with E-state index < -0.39 is 11.7 Å². The van der Waals surface area contributed by atoms with Crippen LogP contribution in [-0.2, 0) is 21.5 Å². The summed E-state index contributed by atoms with van der Waals surface area (Å²) in [6.45, 7) is 5.40. The Morgan fingerprint density at radius 1 is 0.878 bits per heavy atom. The molecule has 1 aromatic heterocycles. The van der Waals surface area contributed by atoms with Gasteiger partial charge in [0.2, 0.25) is 0 Å². The monoisotopic (exact) mass is 689 g/mol. The van der Waals surface area contributed by atoms with E-state index in [2.05, 4.69) is 4.90 Å². The molecule has 0 radical (unpaired) electrons. The molecule has 49 heavy (non-hydrogen) atoms. The van der Waals surface area contributed by atoms with Gasteiger partial charge in [-0.05, 0) is 55.7 Å². The zero-order chi connectivity index (χ0) is 34.4. The lowest BCUT2D eigenvalue weighted by Crippen LogP contribution is -2.47. The first-order valence-corrected chi connectivity index (χ1v) is 17.5. The molecule has 4 aromatic rings. The molecular weight excluding hydrogens is 652 g/mol. The Morgan fingerprint density at radius 3 is 2.33 bits per heavy atom. The van der Waals surface area contributed by atoms with Crippen molar-refractivity contribution < 1.29 is 27.5 Å². The number of alkyl halides is 3. The van der Waals surface area contributed by atoms with Crippen LogP contribution in [0.1, 0.15) is 41.3 Å². The SMILES string of the molecule is CCOC(=O)[C@@H]1CCCN(C(=O)c2ccc(CSc3nc(-c4ccccc4)cc(N4CCN(c5cccc(C(F)(F)F)c5)CC4)n3)cc2)C1. The molecular formula is C37H38F3N5O3S. The molecule has 6 rings (SSSR count). The molecule has 2 aliphatic rings. The molecule has 2 saturated heterocycles. The Balaban J connectivity index is 1.12. The summed E-state index contributed by atoms with van der Waals surface area (Å²) < 4.78 is 45.1. The molecule has 3 aromatic carbocycles. The number of piperidine rings is 1. The van der Waals surface area contributed by atoms with Gasteiger partial charge in [-0.15, -0.1) is 0 Å². The highest BCUT2D eigenvalue weighted by Gasteiger charge is 2.32. The van der Waals surface area contributed by atoms with E-state index in [-0.39, 0.29) is 17.8 Å². The summed E-state index contributed by atoms with van der Waals surface area (Å²) in [5.74, 6) is 0.730. The maximum Gasteiger partial charge on any atom is 0.416 e. The number of aromatic nitrogens is 2. The number of rotatable bonds is 9. The standard InChI is InChI=1S/C37H38F3N5O3S/c1-2-48-35(47)29-10-7-17-45(24-29)34(46)28-15-13-26(14-16-28)25-49-36-41-32(27-8-4-3-5-9-27)23-33(42-36)44-20-18-43(19-21-44)31-12-6-11-30(22-31)37(38,39)40/h3-6,8-9,11-16,22-23,29H,2,7,10,17-21,24-25H2,1H3/t29-/m1/s1. The summed E-state index contributed by atoms with van der Waals surface area (Å²) in [6.07, 6.45) is -2.90. The topological polar surface area (TPSA) is 78.9 Å². The van der Waals surface area contributed by atoms with Crippen LogP contribution < -0.4 is 9.80 Å². The zero-order valence-electron chi connectivity index (χ0n) is 27.2. The smallest absolute Gasteiger partial charge is 0.416 e. The van der Waals surface area contributed by atoms with Crippen molar-refractivity contribution in [2.24, 2.45) is 5.92 Å². The average molecular weight is 690 g/mol. The van der Waals surface area contributed by atoms with Gasteiger partial charge in [0, 0.05) is 67.9 Å². The van der Waals surface area contributed by atoms with Gasteiger partial charge in [0.05, 0.1) is 23.8 Å². The maximum absolute atomic E-state index is 13.3. The Bertz CT molecular complexity index is 1750. The van der Waals surface area contributed by atoms with Gasteiger partial charge < -0.3 is 19.4 Å². The predicted molar refractivity (Wildman–Crippen MR) is 185 cm³/mol. The number of anilines is 2. The number of nitrogens with zero attached hydrogens (tertiary/aromatic N) is 5. The molecule has 0 N–H and O–H groups in total. The van der Waals surface area contributed by atoms with E-state index in [0.29, 0.717) is 68.0 Å². The lowest BCUT2D eigenvalue weighted by molar-refractivity contribution is -0.149. The van der Waals surface area contributed by atoms with Crippen LogP contribution in [0.4, 0.5) is 24.7 Å². The van der Waals surface area contributed by atoms with Gasteiger partial charge in [-0.2, -0.15) is 13.2 Å². The largest absolute Gasteiger partial charge is 0.466 e. The number of amides is 1. The van der Waals surface area contributed by atoms with E-state index in [1.807, 2.05) is 65.6 Å². The Hall–Kier alpha value is -4.58. The fourth-order valence-electron chi connectivity index (χ4n) is 6.16. The van der Waals surface area contributed by atoms with E-state index in [1.54, 1.807) is 17.9 Å². The third-order valence-corrected chi connectivity index (χ3v) is 9.72. The Labute approximate surface area is 288 Å². The minimum atomic E-state index is -4.39. The first-order chi connectivity index (χ1) is 23.7. The summed E-state index contributed by atoms with van der Waals surface area (Å²) in [6, 6.07) is 24.8. The lowest BCUT2D eigenvalue weighted by atomic mass is 9.97. The number of halogens is 3. The van der Waals surface area contributed by atoms with Crippen LogP contribution in [-0.4, -0.2) is 72.6 Å². The van der Waals surface area contributed by atoms with Crippen molar-refractivity contribution in [2.45, 2.75) is 36.9 Å². The van der Waals surface area contributed by atoms with Crippen molar-refractivity contribution in [3.63, 3.8) is 0 Å². The number of carbonyl (C=O) groups excluding carboxylic acids is 2. The minimum Gasteiger partial charge on any atom is -0.466 e. The Kier molecular flexibility index (Phi) is 10.7. The van der Waals surface area contributed by atoms with Crippen molar-refractivity contribution in [3.8, 4) is 11.3 Å². The molecule has 12 heteroatoms. The number of ether oxygens (including phenoxy) is 1. The van der Waals surface area contributed by atoms with Crippen LogP contribution >= 0.6 is 11.8 Å². The van der Waals surface area contributed by atoms with Crippen molar-refractivity contribution in [3.05, 3.63) is 102 Å². The lowest BCUT2D eigenvalue weighted by Gasteiger charge is -2.37. The van der Waals surface area contributed by atoms with Gasteiger partial charge >= 0.3 is 12.1 Å². The predicted octanol–water partition coefficient (Wildman–Crippen LogP) is 7.20. The molecule has 1 amide bonds. The molecule has 0 spiro atoms. The molecule has 2 fully saturated rings. The van der Waals surface area contributed by atoms with Crippen LogP contribution in [0.5, 0.6) is 0 Å². The third kappa shape index (κ3) is 8.54. The van der Waals surface area contributed by atoms with Crippen LogP contribution in [0.15, 0.2) is 90.1 Å². The van der Waals surface area contributed by atoms with E-state index in [0.717, 1.165) is 41.5 Å². The Morgan fingerprint density at radius 2 is 1.61 bits per heavy atom. The molecule has 8 nitrogen and oxygen atoms in total. The summed E-state index contributed by atoms with van der Waals surface area (Å²) in [5.41, 5.74) is 3.24. The molecule has 0 bridgehead atoms. The second-order valence-corrected chi connectivity index (χ2v) is 13.1. The highest BCUT2D eigenvalue weighted by atomic mass is 32.2. The molecule has 0 saturated carbocycles. The van der Waals surface area contributed by atoms with Gasteiger partial charge in [-0.25, -0.2) is 9.97 Å². The molecule has 0 unspecified atom stereocenters. The molecule has 256 valence electrons. The van der Waals surface area contributed by atoms with E-state index >= 15 is 0 Å². The number of hydrogen-bond donors (Lipinski definition) is 0. The molecule has 3 heterocycles. The van der Waals surface area contributed by atoms with Crippen molar-refractivity contribution in [1.82, 2.24) is 14.9 Å². The second kappa shape index (κ2) is 15.3. The number of piperazine rings is 1. The van der Waals surface area contributed by atoms with Gasteiger partial charge in [0.25, 0.3) is 5.91 Å². The average Bonchev–Trinajstić information content (AvgIpc) is 3.14. The fraction of sp³-hybridized carbons (Fsp3) is 0.351. The van der Waals surface area contributed by atoms with Crippen molar-refractivity contribution in [1.29, 1.82) is 0 Å². The molecule has 2 aliphatic heterocycles. The quantitative estimate of drug-likeness (QED) is 0.104. The highest BCUT2D eigenvalue weighted by Crippen LogP contribution is 2.33. The van der Waals surface area contributed by atoms with E-state index in [4.69, 9.17) is 14.7 Å². The number of hydrogen-bond acceptors (Lipinski definition) is 8. The highest BCUT2D eigenvalue weighted by molar-refractivity contribution is 7.98. The first kappa shape index (κ1) is 34.3. The zero-order valence-corrected chi connectivity index (χ0v) is 28.1. The first-order valence-electron chi connectivity index (χ1n) is 16.5. The summed E-state index contributed by atoms with van der Waals surface area (Å²) in [5, 5.41) is 0.607. The summed E-state index contributed by atoms with van der Waals surface area (Å²) >= 11 is 1.50. The van der Waals surface area contributed by atoms with Gasteiger partial charge in [0.1, 0.15) is 5.82 Å². The fourth-order valence-corrected chi connectivity index (χ4v) is 6.97. The molecule has 1 atom stereocenters. The second-order valence-electron chi connectivity index (χ2n) is 12.1. The van der Waals surface area contributed by atoms with Gasteiger partial charge in [-0.3, -0.25) is 9.59 Å². The van der Waals surface area contributed by atoms with Crippen molar-refractivity contribution >= 4 is 35.1 Å². The maximum atomic E-state index is 13.3. The normalized spacial score (nSPS) is 16.8. The van der Waals surface area contributed by atoms with Crippen LogP contribution in [0.25, 0.3) is 11.3 Å². The van der Waals surface area contributed by atoms with Crippen LogP contribution in [0, 0.1) is 5.92 Å². The summed E-state index contributed by atoms with van der Waals surface area (Å²) in [4.78, 5) is 41.1. The number of likely N-dealkylation sites (tertiary alicyclic amines) is 1. The van der Waals surface area contributed by atoms with Gasteiger partial charge in [-0.1, -0.05) is 60.3 Å². The number of benzene rings is 3. The third-order valence-electron chi connectivity index (χ3n) is 8.80.